The highest BCUT2D eigenvalue weighted by Gasteiger charge is 2.04. The molecule has 6 nitrogen and oxygen atoms in total. The number of anilines is 2. The van der Waals surface area contributed by atoms with Crippen LogP contribution in [0.3, 0.4) is 0 Å². The maximum Gasteiger partial charge on any atom is 0.224 e. The van der Waals surface area contributed by atoms with Gasteiger partial charge in [-0.1, -0.05) is 27.7 Å². The minimum Gasteiger partial charge on any atom is -0.370 e. The molecule has 0 saturated carbocycles. The smallest absolute Gasteiger partial charge is 0.224 e. The van der Waals surface area contributed by atoms with Crippen LogP contribution in [0.25, 0.3) is 0 Å². The van der Waals surface area contributed by atoms with Crippen LogP contribution in [-0.2, 0) is 0 Å². The molecule has 0 unspecified atom stereocenters. The van der Waals surface area contributed by atoms with Gasteiger partial charge in [0.2, 0.25) is 5.95 Å². The highest BCUT2D eigenvalue weighted by atomic mass is 15.2. The van der Waals surface area contributed by atoms with E-state index in [1.54, 1.807) is 0 Å². The molecule has 1 rings (SSSR count). The highest BCUT2D eigenvalue weighted by molar-refractivity contribution is 5.42. The van der Waals surface area contributed by atoms with Gasteiger partial charge in [0.25, 0.3) is 0 Å². The van der Waals surface area contributed by atoms with E-state index < -0.39 is 0 Å². The third-order valence-corrected chi connectivity index (χ3v) is 4.53. The zero-order valence-electron chi connectivity index (χ0n) is 16.9. The number of rotatable bonds is 14. The number of nitrogens with one attached hydrogen (secondary N) is 2. The van der Waals surface area contributed by atoms with E-state index in [0.29, 0.717) is 0 Å². The molecule has 0 fully saturated rings. The van der Waals surface area contributed by atoms with Crippen molar-refractivity contribution < 1.29 is 0 Å². The molecule has 0 aliphatic heterocycles. The molecular formula is C19H38N6. The average molecular weight is 351 g/mol. The SMILES string of the molecule is CCN(CC)CCCNc1cc(C)nc(NCCCN(CC)CC)n1. The third-order valence-electron chi connectivity index (χ3n) is 4.53. The van der Waals surface area contributed by atoms with Crippen LogP contribution in [0.15, 0.2) is 6.07 Å². The number of nitrogens with zero attached hydrogens (tertiary/aromatic N) is 4. The lowest BCUT2D eigenvalue weighted by atomic mass is 10.3. The fourth-order valence-electron chi connectivity index (χ4n) is 2.84. The molecular weight excluding hydrogens is 312 g/mol. The maximum atomic E-state index is 4.59. The molecule has 25 heavy (non-hydrogen) atoms. The van der Waals surface area contributed by atoms with Crippen molar-refractivity contribution in [3.8, 4) is 0 Å². The van der Waals surface area contributed by atoms with E-state index >= 15 is 0 Å². The summed E-state index contributed by atoms with van der Waals surface area (Å²) in [6, 6.07) is 2.01. The van der Waals surface area contributed by atoms with Crippen molar-refractivity contribution >= 4 is 11.8 Å². The fraction of sp³-hybridized carbons (Fsp3) is 0.789. The van der Waals surface area contributed by atoms with Crippen molar-refractivity contribution in [2.24, 2.45) is 0 Å². The van der Waals surface area contributed by atoms with Crippen LogP contribution in [0.2, 0.25) is 0 Å². The minimum atomic E-state index is 0.728. The van der Waals surface area contributed by atoms with Gasteiger partial charge in [0, 0.05) is 24.8 Å². The summed E-state index contributed by atoms with van der Waals surface area (Å²) in [5.41, 5.74) is 0.993. The normalized spacial score (nSPS) is 11.3. The molecule has 2 N–H and O–H groups in total. The minimum absolute atomic E-state index is 0.728. The third kappa shape index (κ3) is 9.02. The molecule has 0 amide bonds. The van der Waals surface area contributed by atoms with Crippen LogP contribution in [0.5, 0.6) is 0 Å². The lowest BCUT2D eigenvalue weighted by molar-refractivity contribution is 0.303. The van der Waals surface area contributed by atoms with E-state index in [2.05, 4.69) is 58.1 Å². The fourth-order valence-corrected chi connectivity index (χ4v) is 2.84. The Balaban J connectivity index is 2.37. The quantitative estimate of drug-likeness (QED) is 0.503. The van der Waals surface area contributed by atoms with Gasteiger partial charge >= 0.3 is 0 Å². The van der Waals surface area contributed by atoms with Gasteiger partial charge in [0.05, 0.1) is 0 Å². The standard InChI is InChI=1S/C19H38N6/c1-6-24(7-2)14-10-12-20-18-16-17(5)22-19(23-18)21-13-11-15-25(8-3)9-4/h16H,6-15H2,1-5H3,(H2,20,21,22,23). The Hall–Kier alpha value is -1.40. The Labute approximate surface area is 154 Å². The summed E-state index contributed by atoms with van der Waals surface area (Å²) in [7, 11) is 0. The predicted octanol–water partition coefficient (Wildman–Crippen LogP) is 3.07. The van der Waals surface area contributed by atoms with Crippen LogP contribution >= 0.6 is 0 Å². The molecule has 0 radical (unpaired) electrons. The first-order chi connectivity index (χ1) is 12.1. The number of aromatic nitrogens is 2. The van der Waals surface area contributed by atoms with Crippen molar-refractivity contribution in [3.63, 3.8) is 0 Å². The van der Waals surface area contributed by atoms with E-state index in [0.717, 1.165) is 82.7 Å². The van der Waals surface area contributed by atoms with Gasteiger partial charge in [0.15, 0.2) is 0 Å². The molecule has 0 aromatic carbocycles. The molecule has 1 aromatic rings. The van der Waals surface area contributed by atoms with Crippen LogP contribution in [0.1, 0.15) is 46.2 Å². The molecule has 0 aliphatic carbocycles. The molecule has 1 aromatic heterocycles. The van der Waals surface area contributed by atoms with Gasteiger partial charge in [-0.2, -0.15) is 4.98 Å². The van der Waals surface area contributed by atoms with Crippen molar-refractivity contribution in [1.82, 2.24) is 19.8 Å². The van der Waals surface area contributed by atoms with Crippen molar-refractivity contribution in [2.45, 2.75) is 47.5 Å². The first-order valence-corrected chi connectivity index (χ1v) is 9.90. The second kappa shape index (κ2) is 12.9. The maximum absolute atomic E-state index is 4.59. The summed E-state index contributed by atoms with van der Waals surface area (Å²) < 4.78 is 0. The van der Waals surface area contributed by atoms with E-state index in [1.165, 1.54) is 0 Å². The van der Waals surface area contributed by atoms with Gasteiger partial charge in [-0.25, -0.2) is 4.98 Å². The average Bonchev–Trinajstić information content (AvgIpc) is 2.61. The topological polar surface area (TPSA) is 56.3 Å². The molecule has 0 bridgehead atoms. The van der Waals surface area contributed by atoms with Crippen molar-refractivity contribution in [2.75, 3.05) is 63.0 Å². The second-order valence-corrected chi connectivity index (χ2v) is 6.33. The molecule has 0 spiro atoms. The first kappa shape index (κ1) is 21.6. The van der Waals surface area contributed by atoms with Crippen LogP contribution in [0.4, 0.5) is 11.8 Å². The zero-order chi connectivity index (χ0) is 18.5. The number of hydrogen-bond donors (Lipinski definition) is 2. The largest absolute Gasteiger partial charge is 0.370 e. The molecule has 1 heterocycles. The van der Waals surface area contributed by atoms with Crippen LogP contribution in [0, 0.1) is 6.92 Å². The van der Waals surface area contributed by atoms with E-state index in [-0.39, 0.29) is 0 Å². The van der Waals surface area contributed by atoms with Gasteiger partial charge < -0.3 is 20.4 Å². The Kier molecular flexibility index (Phi) is 11.2. The predicted molar refractivity (Wildman–Crippen MR) is 109 cm³/mol. The molecule has 6 heteroatoms. The Morgan fingerprint density at radius 2 is 1.32 bits per heavy atom. The van der Waals surface area contributed by atoms with E-state index in [1.807, 2.05) is 13.0 Å². The monoisotopic (exact) mass is 350 g/mol. The summed E-state index contributed by atoms with van der Waals surface area (Å²) in [6.07, 6.45) is 2.23. The van der Waals surface area contributed by atoms with Crippen LogP contribution in [-0.4, -0.2) is 72.1 Å². The lowest BCUT2D eigenvalue weighted by Gasteiger charge is -2.18. The number of aryl methyl sites for hydroxylation is 1. The van der Waals surface area contributed by atoms with E-state index in [9.17, 15) is 0 Å². The van der Waals surface area contributed by atoms with Gasteiger partial charge in [-0.05, 0) is 59.0 Å². The van der Waals surface area contributed by atoms with Gasteiger partial charge in [-0.3, -0.25) is 0 Å². The van der Waals surface area contributed by atoms with Crippen molar-refractivity contribution in [1.29, 1.82) is 0 Å². The summed E-state index contributed by atoms with van der Waals surface area (Å²) in [6.45, 7) is 19.4. The van der Waals surface area contributed by atoms with Crippen LogP contribution < -0.4 is 10.6 Å². The summed E-state index contributed by atoms with van der Waals surface area (Å²) in [5, 5.41) is 6.79. The van der Waals surface area contributed by atoms with Crippen molar-refractivity contribution in [3.05, 3.63) is 11.8 Å². The molecule has 144 valence electrons. The van der Waals surface area contributed by atoms with Gasteiger partial charge in [0.1, 0.15) is 5.82 Å². The first-order valence-electron chi connectivity index (χ1n) is 9.90. The summed E-state index contributed by atoms with van der Waals surface area (Å²) >= 11 is 0. The zero-order valence-corrected chi connectivity index (χ0v) is 16.9. The Morgan fingerprint density at radius 3 is 1.84 bits per heavy atom. The van der Waals surface area contributed by atoms with E-state index in [4.69, 9.17) is 0 Å². The summed E-state index contributed by atoms with van der Waals surface area (Å²) in [5.74, 6) is 1.64. The Bertz CT molecular complexity index is 419. The highest BCUT2D eigenvalue weighted by Crippen LogP contribution is 2.10. The lowest BCUT2D eigenvalue weighted by Crippen LogP contribution is -2.26. The molecule has 0 saturated heterocycles. The second-order valence-electron chi connectivity index (χ2n) is 6.33. The molecule has 0 atom stereocenters. The summed E-state index contributed by atoms with van der Waals surface area (Å²) in [4.78, 5) is 13.9. The Morgan fingerprint density at radius 1 is 0.800 bits per heavy atom. The number of hydrogen-bond acceptors (Lipinski definition) is 6. The molecule has 0 aliphatic rings. The van der Waals surface area contributed by atoms with Gasteiger partial charge in [-0.15, -0.1) is 0 Å².